The van der Waals surface area contributed by atoms with E-state index in [-0.39, 0.29) is 23.6 Å². The van der Waals surface area contributed by atoms with E-state index in [9.17, 15) is 4.79 Å². The Bertz CT molecular complexity index is 727. The van der Waals surface area contributed by atoms with Gasteiger partial charge in [-0.1, -0.05) is 13.8 Å². The van der Waals surface area contributed by atoms with Crippen molar-refractivity contribution in [1.29, 1.82) is 0 Å². The zero-order valence-corrected chi connectivity index (χ0v) is 16.3. The summed E-state index contributed by atoms with van der Waals surface area (Å²) in [4.78, 5) is 22.8. The number of hydrogen-bond donors (Lipinski definition) is 2. The van der Waals surface area contributed by atoms with Crippen molar-refractivity contribution in [3.63, 3.8) is 0 Å². The van der Waals surface area contributed by atoms with Crippen LogP contribution in [-0.2, 0) is 9.53 Å². The van der Waals surface area contributed by atoms with Crippen LogP contribution in [0.3, 0.4) is 0 Å². The van der Waals surface area contributed by atoms with Crippen molar-refractivity contribution in [2.45, 2.75) is 44.8 Å². The van der Waals surface area contributed by atoms with Crippen molar-refractivity contribution in [2.75, 3.05) is 37.4 Å². The molecule has 3 fully saturated rings. The minimum Gasteiger partial charge on any atom is -0.481 e. The number of amides is 1. The number of nitrogens with one attached hydrogen (secondary N) is 1. The maximum Gasteiger partial charge on any atom is 0.225 e. The van der Waals surface area contributed by atoms with E-state index in [4.69, 9.17) is 15.2 Å². The predicted molar refractivity (Wildman–Crippen MR) is 101 cm³/mol. The quantitative estimate of drug-likeness (QED) is 0.770. The number of nitrogens with two attached hydrogens (primary N) is 1. The number of nitrogen functional groups attached to an aromatic ring is 1. The second kappa shape index (κ2) is 6.82. The third-order valence-electron chi connectivity index (χ3n) is 6.15. The maximum absolute atomic E-state index is 12.1. The first-order valence-corrected chi connectivity index (χ1v) is 9.78. The van der Waals surface area contributed by atoms with Gasteiger partial charge in [-0.25, -0.2) is 0 Å². The molecule has 27 heavy (non-hydrogen) atoms. The Morgan fingerprint density at radius 1 is 1.52 bits per heavy atom. The molecule has 3 aliphatic rings. The molecule has 1 aromatic heterocycles. The first-order chi connectivity index (χ1) is 12.9. The number of aromatic nitrogens is 2. The van der Waals surface area contributed by atoms with Gasteiger partial charge in [0.05, 0.1) is 18.8 Å². The smallest absolute Gasteiger partial charge is 0.225 e. The van der Waals surface area contributed by atoms with Crippen molar-refractivity contribution in [3.05, 3.63) is 6.07 Å². The van der Waals surface area contributed by atoms with E-state index >= 15 is 0 Å². The van der Waals surface area contributed by atoms with Gasteiger partial charge in [0.25, 0.3) is 0 Å². The van der Waals surface area contributed by atoms with Gasteiger partial charge in [0.2, 0.25) is 17.7 Å². The molecule has 0 saturated carbocycles. The van der Waals surface area contributed by atoms with Crippen LogP contribution in [0.4, 0.5) is 11.8 Å². The van der Waals surface area contributed by atoms with Crippen LogP contribution < -0.4 is 20.7 Å². The maximum atomic E-state index is 12.1. The van der Waals surface area contributed by atoms with Gasteiger partial charge < -0.3 is 25.4 Å². The van der Waals surface area contributed by atoms with E-state index in [1.165, 1.54) is 0 Å². The average Bonchev–Trinajstić information content (AvgIpc) is 3.27. The molecule has 2 bridgehead atoms. The third-order valence-corrected chi connectivity index (χ3v) is 6.15. The van der Waals surface area contributed by atoms with Crippen molar-refractivity contribution >= 4 is 17.7 Å². The van der Waals surface area contributed by atoms with Gasteiger partial charge in [-0.3, -0.25) is 4.79 Å². The lowest BCUT2D eigenvalue weighted by atomic mass is 9.73. The van der Waals surface area contributed by atoms with Crippen LogP contribution in [0.2, 0.25) is 0 Å². The van der Waals surface area contributed by atoms with E-state index in [0.717, 1.165) is 31.7 Å². The van der Waals surface area contributed by atoms with E-state index in [0.29, 0.717) is 36.6 Å². The molecular weight excluding hydrogens is 346 g/mol. The molecule has 1 spiro atoms. The fourth-order valence-corrected chi connectivity index (χ4v) is 5.01. The molecular formula is C19H29N5O3. The highest BCUT2D eigenvalue weighted by atomic mass is 16.5. The topological polar surface area (TPSA) is 103 Å². The number of nitrogens with zero attached hydrogens (tertiary/aromatic N) is 3. The van der Waals surface area contributed by atoms with Crippen LogP contribution in [-0.4, -0.2) is 54.3 Å². The lowest BCUT2D eigenvalue weighted by Crippen LogP contribution is -2.42. The monoisotopic (exact) mass is 375 g/mol. The van der Waals surface area contributed by atoms with Crippen LogP contribution in [0.15, 0.2) is 6.07 Å². The molecule has 1 aromatic rings. The highest BCUT2D eigenvalue weighted by Gasteiger charge is 2.63. The summed E-state index contributed by atoms with van der Waals surface area (Å²) < 4.78 is 11.7. The van der Waals surface area contributed by atoms with Crippen molar-refractivity contribution in [1.82, 2.24) is 15.3 Å². The summed E-state index contributed by atoms with van der Waals surface area (Å²) in [5.41, 5.74) is 5.70. The molecule has 8 nitrogen and oxygen atoms in total. The number of fused-ring (bicyclic) bond motifs is 1. The van der Waals surface area contributed by atoms with Crippen LogP contribution in [0.5, 0.6) is 5.88 Å². The van der Waals surface area contributed by atoms with Crippen LogP contribution in [0.25, 0.3) is 0 Å². The number of methoxy groups -OCH3 is 1. The molecule has 0 radical (unpaired) electrons. The molecule has 3 aliphatic heterocycles. The summed E-state index contributed by atoms with van der Waals surface area (Å²) >= 11 is 0. The van der Waals surface area contributed by atoms with E-state index in [1.54, 1.807) is 7.11 Å². The van der Waals surface area contributed by atoms with Gasteiger partial charge in [0.1, 0.15) is 5.82 Å². The number of carbonyl (C=O) groups excluding carboxylic acids is 1. The molecule has 0 aliphatic carbocycles. The number of ether oxygens (including phenoxy) is 2. The summed E-state index contributed by atoms with van der Waals surface area (Å²) in [6.45, 7) is 6.45. The Hall–Kier alpha value is -2.09. The lowest BCUT2D eigenvalue weighted by Gasteiger charge is -2.29. The Labute approximate surface area is 159 Å². The molecule has 0 aromatic carbocycles. The summed E-state index contributed by atoms with van der Waals surface area (Å²) in [5.74, 6) is 2.69. The minimum absolute atomic E-state index is 0.130. The third kappa shape index (κ3) is 3.31. The summed E-state index contributed by atoms with van der Waals surface area (Å²) in [6, 6.07) is 1.82. The normalized spacial score (nSPS) is 31.4. The Morgan fingerprint density at radius 3 is 3.07 bits per heavy atom. The molecule has 8 heteroatoms. The number of carbonyl (C=O) groups is 1. The predicted octanol–water partition coefficient (Wildman–Crippen LogP) is 1.21. The zero-order chi connectivity index (χ0) is 19.2. The zero-order valence-electron chi connectivity index (χ0n) is 16.3. The van der Waals surface area contributed by atoms with E-state index in [2.05, 4.69) is 34.0 Å². The van der Waals surface area contributed by atoms with Gasteiger partial charge >= 0.3 is 0 Å². The molecule has 3 N–H and O–H groups in total. The highest BCUT2D eigenvalue weighted by Crippen LogP contribution is 2.55. The molecule has 0 unspecified atom stereocenters. The van der Waals surface area contributed by atoms with Crippen molar-refractivity contribution < 1.29 is 14.3 Å². The fourth-order valence-electron chi connectivity index (χ4n) is 5.01. The molecule has 3 saturated heterocycles. The molecule has 1 amide bonds. The second-order valence-corrected chi connectivity index (χ2v) is 8.44. The second-order valence-electron chi connectivity index (χ2n) is 8.44. The fraction of sp³-hybridized carbons (Fsp3) is 0.737. The van der Waals surface area contributed by atoms with Crippen molar-refractivity contribution in [3.8, 4) is 5.88 Å². The Balaban J connectivity index is 1.47. The first kappa shape index (κ1) is 18.3. The largest absolute Gasteiger partial charge is 0.481 e. The van der Waals surface area contributed by atoms with Crippen LogP contribution >= 0.6 is 0 Å². The summed E-state index contributed by atoms with van der Waals surface area (Å²) in [5, 5.41) is 3.13. The SMILES string of the molecule is COc1cc(N2C[C@@H]3[C@H](CNC(=O)CC(C)C)[C@H]4CC[C@]3(C2)O4)nc(N)n1. The Kier molecular flexibility index (Phi) is 4.61. The molecule has 4 heterocycles. The van der Waals surface area contributed by atoms with Gasteiger partial charge in [-0.15, -0.1) is 0 Å². The van der Waals surface area contributed by atoms with Gasteiger partial charge in [-0.2, -0.15) is 9.97 Å². The van der Waals surface area contributed by atoms with Gasteiger partial charge in [0, 0.05) is 44.0 Å². The van der Waals surface area contributed by atoms with Gasteiger partial charge in [0.15, 0.2) is 0 Å². The lowest BCUT2D eigenvalue weighted by molar-refractivity contribution is -0.122. The summed E-state index contributed by atoms with van der Waals surface area (Å²) in [7, 11) is 1.57. The first-order valence-electron chi connectivity index (χ1n) is 9.78. The minimum atomic E-state index is -0.134. The van der Waals surface area contributed by atoms with E-state index < -0.39 is 0 Å². The molecule has 148 valence electrons. The Morgan fingerprint density at radius 2 is 2.33 bits per heavy atom. The number of anilines is 2. The van der Waals surface area contributed by atoms with Crippen LogP contribution in [0.1, 0.15) is 33.1 Å². The van der Waals surface area contributed by atoms with Gasteiger partial charge in [-0.05, 0) is 18.8 Å². The van der Waals surface area contributed by atoms with Crippen LogP contribution in [0, 0.1) is 17.8 Å². The standard InChI is InChI=1S/C19H29N5O3/c1-11(2)6-16(25)21-8-12-13-9-24(10-19(13)5-4-14(12)27-19)15-7-17(26-3)23-18(20)22-15/h7,11-14H,4-6,8-10H2,1-3H3,(H,21,25)(H2,20,22,23)/t12-,13+,14+,19+/m0/s1. The molecule has 4 atom stereocenters. The van der Waals surface area contributed by atoms with Crippen molar-refractivity contribution in [2.24, 2.45) is 17.8 Å². The number of hydrogen-bond acceptors (Lipinski definition) is 7. The molecule has 4 rings (SSSR count). The average molecular weight is 375 g/mol. The van der Waals surface area contributed by atoms with E-state index in [1.807, 2.05) is 6.07 Å². The number of rotatable bonds is 6. The summed E-state index contributed by atoms with van der Waals surface area (Å²) in [6.07, 6.45) is 2.94. The highest BCUT2D eigenvalue weighted by molar-refractivity contribution is 5.76.